The minimum atomic E-state index is -1.18. The molecule has 0 bridgehead atoms. The Balaban J connectivity index is 0.000000885. The van der Waals surface area contributed by atoms with Crippen molar-refractivity contribution in [2.24, 2.45) is 5.73 Å². The van der Waals surface area contributed by atoms with Crippen LogP contribution in [0.4, 0.5) is 0 Å². The van der Waals surface area contributed by atoms with Crippen molar-refractivity contribution in [2.75, 3.05) is 6.61 Å². The summed E-state index contributed by atoms with van der Waals surface area (Å²) in [7, 11) is 0. The van der Waals surface area contributed by atoms with E-state index in [1.54, 1.807) is 0 Å². The average Bonchev–Trinajstić information content (AvgIpc) is 2.88. The second-order valence-electron chi connectivity index (χ2n) is 3.99. The smallest absolute Gasteiger partial charge is 0.326 e. The van der Waals surface area contributed by atoms with Gasteiger partial charge in [-0.05, 0) is 0 Å². The Morgan fingerprint density at radius 3 is 2.38 bits per heavy atom. The molecule has 0 radical (unpaired) electrons. The Morgan fingerprint density at radius 2 is 2.00 bits per heavy atom. The van der Waals surface area contributed by atoms with E-state index in [1.165, 1.54) is 12.5 Å². The molecule has 1 aromatic heterocycles. The lowest BCUT2D eigenvalue weighted by atomic mass is 10.1. The molecule has 0 saturated carbocycles. The first kappa shape index (κ1) is 18.5. The van der Waals surface area contributed by atoms with Gasteiger partial charge in [0, 0.05) is 25.2 Å². The molecule has 118 valence electrons. The zero-order chi connectivity index (χ0) is 16.4. The number of nitrogens with two attached hydrogens (primary N) is 1. The van der Waals surface area contributed by atoms with Crippen molar-refractivity contribution in [1.82, 2.24) is 15.3 Å². The summed E-state index contributed by atoms with van der Waals surface area (Å²) < 4.78 is 0. The van der Waals surface area contributed by atoms with Crippen molar-refractivity contribution in [3.05, 3.63) is 18.2 Å². The van der Waals surface area contributed by atoms with Gasteiger partial charge in [0.1, 0.15) is 12.1 Å². The third kappa shape index (κ3) is 8.34. The zero-order valence-corrected chi connectivity index (χ0v) is 11.3. The molecule has 0 aromatic carbocycles. The first-order valence-electron chi connectivity index (χ1n) is 5.84. The van der Waals surface area contributed by atoms with E-state index < -0.39 is 36.5 Å². The number of amides is 1. The number of carbonyl (C=O) groups excluding carboxylic acids is 1. The molecule has 1 amide bonds. The second-order valence-corrected chi connectivity index (χ2v) is 3.99. The molecule has 0 aliphatic heterocycles. The topological polar surface area (TPSA) is 179 Å². The Hall–Kier alpha value is -2.46. The van der Waals surface area contributed by atoms with E-state index in [0.717, 1.165) is 6.92 Å². The van der Waals surface area contributed by atoms with Gasteiger partial charge in [0.15, 0.2) is 0 Å². The molecule has 2 atom stereocenters. The highest BCUT2D eigenvalue weighted by Gasteiger charge is 2.23. The summed E-state index contributed by atoms with van der Waals surface area (Å²) in [5.74, 6) is -2.72. The first-order valence-corrected chi connectivity index (χ1v) is 5.84. The summed E-state index contributed by atoms with van der Waals surface area (Å²) in [5, 5.41) is 27.2. The second kappa shape index (κ2) is 9.44. The molecule has 1 heterocycles. The summed E-state index contributed by atoms with van der Waals surface area (Å²) >= 11 is 0. The number of carboxylic acid groups (broad SMARTS) is 2. The zero-order valence-electron chi connectivity index (χ0n) is 11.3. The van der Waals surface area contributed by atoms with Crippen molar-refractivity contribution in [2.45, 2.75) is 25.4 Å². The minimum absolute atomic E-state index is 0.0687. The predicted octanol–water partition coefficient (Wildman–Crippen LogP) is -2.07. The van der Waals surface area contributed by atoms with Gasteiger partial charge in [0.25, 0.3) is 5.97 Å². The fourth-order valence-corrected chi connectivity index (χ4v) is 1.18. The summed E-state index contributed by atoms with van der Waals surface area (Å²) in [5.41, 5.74) is 5.84. The molecule has 10 heteroatoms. The van der Waals surface area contributed by atoms with Crippen LogP contribution in [0.25, 0.3) is 0 Å². The minimum Gasteiger partial charge on any atom is -0.481 e. The number of rotatable bonds is 6. The molecular formula is C11H18N4O6. The highest BCUT2D eigenvalue weighted by atomic mass is 16.4. The molecule has 1 rings (SSSR count). The molecule has 0 unspecified atom stereocenters. The molecule has 7 N–H and O–H groups in total. The number of H-pyrrole nitrogens is 1. The number of nitrogens with zero attached hydrogens (tertiary/aromatic N) is 1. The molecule has 10 nitrogen and oxygen atoms in total. The molecule has 0 aliphatic rings. The van der Waals surface area contributed by atoms with E-state index in [-0.39, 0.29) is 6.42 Å². The number of aliphatic hydroxyl groups excluding tert-OH is 1. The quantitative estimate of drug-likeness (QED) is 0.347. The third-order valence-corrected chi connectivity index (χ3v) is 2.13. The van der Waals surface area contributed by atoms with Crippen LogP contribution in [0.2, 0.25) is 0 Å². The van der Waals surface area contributed by atoms with Crippen LogP contribution in [0.5, 0.6) is 0 Å². The lowest BCUT2D eigenvalue weighted by molar-refractivity contribution is -0.142. The number of hydrogen-bond acceptors (Lipinski definition) is 6. The molecule has 0 fully saturated rings. The standard InChI is InChI=1S/C9H14N4O4.C2H4O2/c10-6(3-14)8(15)13-7(9(16)17)1-5-2-11-4-12-5;1-2(3)4/h2,4,6-7,14H,1,3,10H2,(H,11,12)(H,13,15)(H,16,17);1H3,(H,3,4)/t6-,7-;/m0./s1. The SMILES string of the molecule is CC(=O)O.N[C@@H](CO)C(=O)N[C@@H](Cc1cnc[nH]1)C(=O)O. The molecule has 1 aromatic rings. The van der Waals surface area contributed by atoms with E-state index in [1.807, 2.05) is 0 Å². The number of carbonyl (C=O) groups is 3. The van der Waals surface area contributed by atoms with Crippen LogP contribution in [0.1, 0.15) is 12.6 Å². The highest BCUT2D eigenvalue weighted by Crippen LogP contribution is 1.99. The van der Waals surface area contributed by atoms with E-state index in [4.69, 9.17) is 25.8 Å². The van der Waals surface area contributed by atoms with Crippen LogP contribution in [0.3, 0.4) is 0 Å². The van der Waals surface area contributed by atoms with Crippen LogP contribution in [0.15, 0.2) is 12.5 Å². The van der Waals surface area contributed by atoms with Crippen LogP contribution < -0.4 is 11.1 Å². The number of imidazole rings is 1. The largest absolute Gasteiger partial charge is 0.481 e. The Kier molecular flexibility index (Phi) is 8.34. The third-order valence-electron chi connectivity index (χ3n) is 2.13. The summed E-state index contributed by atoms with van der Waals surface area (Å²) in [6.45, 7) is 0.544. The molecular weight excluding hydrogens is 284 g/mol. The highest BCUT2D eigenvalue weighted by molar-refractivity contribution is 5.86. The lowest BCUT2D eigenvalue weighted by Gasteiger charge is -2.15. The van der Waals surface area contributed by atoms with E-state index in [2.05, 4.69) is 15.3 Å². The Morgan fingerprint density at radius 1 is 1.43 bits per heavy atom. The van der Waals surface area contributed by atoms with Gasteiger partial charge in [-0.1, -0.05) is 0 Å². The number of aromatic nitrogens is 2. The molecule has 0 spiro atoms. The van der Waals surface area contributed by atoms with Crippen LogP contribution >= 0.6 is 0 Å². The lowest BCUT2D eigenvalue weighted by Crippen LogP contribution is -2.50. The normalized spacial score (nSPS) is 12.5. The van der Waals surface area contributed by atoms with E-state index >= 15 is 0 Å². The number of nitrogens with one attached hydrogen (secondary N) is 2. The van der Waals surface area contributed by atoms with Gasteiger partial charge in [-0.2, -0.15) is 0 Å². The number of aromatic amines is 1. The van der Waals surface area contributed by atoms with Gasteiger partial charge in [-0.3, -0.25) is 9.59 Å². The Bertz CT molecular complexity index is 457. The fraction of sp³-hybridized carbons (Fsp3) is 0.455. The number of aliphatic hydroxyl groups is 1. The monoisotopic (exact) mass is 302 g/mol. The fourth-order valence-electron chi connectivity index (χ4n) is 1.18. The van der Waals surface area contributed by atoms with Crippen molar-refractivity contribution in [3.63, 3.8) is 0 Å². The van der Waals surface area contributed by atoms with Gasteiger partial charge in [-0.25, -0.2) is 9.78 Å². The van der Waals surface area contributed by atoms with Gasteiger partial charge < -0.3 is 31.4 Å². The molecule has 0 saturated heterocycles. The molecule has 21 heavy (non-hydrogen) atoms. The van der Waals surface area contributed by atoms with Crippen molar-refractivity contribution >= 4 is 17.8 Å². The van der Waals surface area contributed by atoms with Gasteiger partial charge in [-0.15, -0.1) is 0 Å². The van der Waals surface area contributed by atoms with Crippen molar-refractivity contribution < 1.29 is 29.7 Å². The van der Waals surface area contributed by atoms with E-state index in [0.29, 0.717) is 5.69 Å². The van der Waals surface area contributed by atoms with Crippen LogP contribution in [-0.2, 0) is 20.8 Å². The summed E-state index contributed by atoms with van der Waals surface area (Å²) in [6.07, 6.45) is 2.95. The van der Waals surface area contributed by atoms with E-state index in [9.17, 15) is 9.59 Å². The maximum absolute atomic E-state index is 11.3. The maximum Gasteiger partial charge on any atom is 0.326 e. The van der Waals surface area contributed by atoms with Gasteiger partial charge in [0.2, 0.25) is 5.91 Å². The number of hydrogen-bond donors (Lipinski definition) is 6. The Labute approximate surface area is 120 Å². The van der Waals surface area contributed by atoms with Crippen molar-refractivity contribution in [1.29, 1.82) is 0 Å². The number of carboxylic acids is 2. The summed E-state index contributed by atoms with van der Waals surface area (Å²) in [6, 6.07) is -2.24. The predicted molar refractivity (Wildman–Crippen MR) is 70.2 cm³/mol. The molecule has 0 aliphatic carbocycles. The number of aliphatic carboxylic acids is 2. The van der Waals surface area contributed by atoms with Crippen molar-refractivity contribution in [3.8, 4) is 0 Å². The van der Waals surface area contributed by atoms with Crippen LogP contribution in [0, 0.1) is 0 Å². The van der Waals surface area contributed by atoms with Gasteiger partial charge in [0.05, 0.1) is 12.9 Å². The average molecular weight is 302 g/mol. The van der Waals surface area contributed by atoms with Crippen LogP contribution in [-0.4, -0.2) is 61.8 Å². The maximum atomic E-state index is 11.3. The van der Waals surface area contributed by atoms with Gasteiger partial charge >= 0.3 is 5.97 Å². The summed E-state index contributed by atoms with van der Waals surface area (Å²) in [4.78, 5) is 37.7. The first-order chi connectivity index (χ1) is 9.77.